The van der Waals surface area contributed by atoms with Crippen LogP contribution in [0.1, 0.15) is 51.9 Å². The molecule has 0 aromatic rings. The topological polar surface area (TPSA) is 96.4 Å². The molecule has 1 unspecified atom stereocenters. The second-order valence-corrected chi connectivity index (χ2v) is 9.90. The highest BCUT2D eigenvalue weighted by Gasteiger charge is 2.72. The van der Waals surface area contributed by atoms with Crippen molar-refractivity contribution in [3.05, 3.63) is 24.3 Å². The van der Waals surface area contributed by atoms with E-state index in [0.29, 0.717) is 19.4 Å². The molecule has 2 saturated heterocycles. The predicted molar refractivity (Wildman–Crippen MR) is 119 cm³/mol. The van der Waals surface area contributed by atoms with Crippen LogP contribution in [0.5, 0.6) is 0 Å². The number of fused-ring (bicyclic) bond motifs is 2. The summed E-state index contributed by atoms with van der Waals surface area (Å²) in [5.74, 6) is -2.55. The van der Waals surface area contributed by atoms with Gasteiger partial charge in [-0.1, -0.05) is 50.5 Å². The third kappa shape index (κ3) is 3.44. The van der Waals surface area contributed by atoms with Gasteiger partial charge in [0.15, 0.2) is 0 Å². The van der Waals surface area contributed by atoms with Crippen molar-refractivity contribution in [2.45, 2.75) is 81.7 Å². The number of amides is 2. The molecule has 2 amide bonds. The van der Waals surface area contributed by atoms with E-state index in [2.05, 4.69) is 0 Å². The van der Waals surface area contributed by atoms with Crippen molar-refractivity contribution < 1.29 is 29.0 Å². The summed E-state index contributed by atoms with van der Waals surface area (Å²) in [6.07, 6.45) is 13.3. The first-order valence-electron chi connectivity index (χ1n) is 12.5. The van der Waals surface area contributed by atoms with Crippen LogP contribution in [-0.4, -0.2) is 82.3 Å². The number of cyclic esters (lactones) is 1. The van der Waals surface area contributed by atoms with E-state index in [0.717, 1.165) is 25.7 Å². The Morgan fingerprint density at radius 2 is 1.94 bits per heavy atom. The van der Waals surface area contributed by atoms with Gasteiger partial charge >= 0.3 is 5.97 Å². The molecule has 1 spiro atoms. The van der Waals surface area contributed by atoms with E-state index in [1.54, 1.807) is 0 Å². The quantitative estimate of drug-likeness (QED) is 0.508. The fourth-order valence-electron chi connectivity index (χ4n) is 6.59. The Labute approximate surface area is 194 Å². The van der Waals surface area contributed by atoms with Gasteiger partial charge in [-0.25, -0.2) is 0 Å². The number of aliphatic hydroxyl groups is 1. The van der Waals surface area contributed by atoms with Crippen LogP contribution < -0.4 is 0 Å². The van der Waals surface area contributed by atoms with Gasteiger partial charge in [0.05, 0.1) is 31.3 Å². The molecule has 8 heteroatoms. The van der Waals surface area contributed by atoms with Gasteiger partial charge in [-0.05, 0) is 25.7 Å². The molecule has 0 aromatic carbocycles. The second-order valence-electron chi connectivity index (χ2n) is 9.90. The minimum absolute atomic E-state index is 0.135. The highest BCUT2D eigenvalue weighted by molar-refractivity contribution is 5.99. The molecule has 8 nitrogen and oxygen atoms in total. The number of esters is 1. The van der Waals surface area contributed by atoms with E-state index in [1.165, 1.54) is 11.3 Å². The third-order valence-electron chi connectivity index (χ3n) is 8.18. The van der Waals surface area contributed by atoms with E-state index in [1.807, 2.05) is 36.1 Å². The van der Waals surface area contributed by atoms with Crippen LogP contribution in [0, 0.1) is 11.8 Å². The Bertz CT molecular complexity index is 861. The van der Waals surface area contributed by atoms with Crippen molar-refractivity contribution in [3.8, 4) is 0 Å². The van der Waals surface area contributed by atoms with Crippen molar-refractivity contribution in [3.63, 3.8) is 0 Å². The van der Waals surface area contributed by atoms with Crippen LogP contribution in [0.2, 0.25) is 0 Å². The van der Waals surface area contributed by atoms with Gasteiger partial charge in [0.1, 0.15) is 17.6 Å². The van der Waals surface area contributed by atoms with Gasteiger partial charge in [0, 0.05) is 12.6 Å². The smallest absolute Gasteiger partial charge is 0.312 e. The van der Waals surface area contributed by atoms with Crippen LogP contribution in [-0.2, 0) is 23.9 Å². The number of hydrogen-bond donors (Lipinski definition) is 1. The minimum Gasteiger partial charge on any atom is -0.465 e. The number of aliphatic hydroxyl groups excluding tert-OH is 1. The molecule has 5 rings (SSSR count). The molecule has 6 atom stereocenters. The van der Waals surface area contributed by atoms with E-state index >= 15 is 0 Å². The summed E-state index contributed by atoms with van der Waals surface area (Å²) in [5, 5.41) is 10.1. The number of rotatable bonds is 4. The zero-order valence-electron chi connectivity index (χ0n) is 19.2. The lowest BCUT2D eigenvalue weighted by Crippen LogP contribution is -2.59. The van der Waals surface area contributed by atoms with Gasteiger partial charge in [0.25, 0.3) is 0 Å². The first kappa shape index (κ1) is 22.6. The number of likely N-dealkylation sites (tertiary alicyclic amines) is 1. The fourth-order valence-corrected chi connectivity index (χ4v) is 6.59. The number of carbonyl (C=O) groups excluding carboxylic acids is 3. The maximum atomic E-state index is 14.2. The molecule has 0 radical (unpaired) electrons. The van der Waals surface area contributed by atoms with Gasteiger partial charge in [0.2, 0.25) is 11.8 Å². The number of carbonyl (C=O) groups is 3. The van der Waals surface area contributed by atoms with E-state index < -0.39 is 41.6 Å². The zero-order chi connectivity index (χ0) is 23.2. The normalized spacial score (nSPS) is 37.7. The average molecular weight is 459 g/mol. The molecule has 3 fully saturated rings. The molecule has 5 aliphatic rings. The Hall–Kier alpha value is -2.19. The number of ether oxygens (including phenoxy) is 2. The van der Waals surface area contributed by atoms with Crippen LogP contribution in [0.4, 0.5) is 0 Å². The molecule has 0 aromatic heterocycles. The first-order chi connectivity index (χ1) is 16.0. The summed E-state index contributed by atoms with van der Waals surface area (Å²) in [4.78, 5) is 44.6. The average Bonchev–Trinajstić information content (AvgIpc) is 3.19. The van der Waals surface area contributed by atoms with Gasteiger partial charge < -0.3 is 24.4 Å². The van der Waals surface area contributed by atoms with E-state index in [-0.39, 0.29) is 31.1 Å². The molecule has 1 N–H and O–H groups in total. The highest BCUT2D eigenvalue weighted by atomic mass is 16.6. The van der Waals surface area contributed by atoms with Crippen LogP contribution >= 0.6 is 0 Å². The van der Waals surface area contributed by atoms with Crippen molar-refractivity contribution in [2.24, 2.45) is 11.8 Å². The Balaban J connectivity index is 1.60. The van der Waals surface area contributed by atoms with Crippen LogP contribution in [0.25, 0.3) is 0 Å². The summed E-state index contributed by atoms with van der Waals surface area (Å²) >= 11 is 0. The molecular formula is C25H34N2O6. The Kier molecular flexibility index (Phi) is 6.07. The standard InChI is InChI=1S/C25H34N2O6/c1-2-16(15-28)27-21-23(30)26(17-9-4-3-5-10-17)13-8-12-25(21)20(22(27)29)19-18(33-25)11-6-7-14-32-24(19)31/h6,8,11-12,16-21,28H,2-5,7,9-10,13-15H2,1H3/t16-,18+,19-,20-,21?,25-/m0/s1. The summed E-state index contributed by atoms with van der Waals surface area (Å²) in [7, 11) is 0. The predicted octanol–water partition coefficient (Wildman–Crippen LogP) is 1.57. The summed E-state index contributed by atoms with van der Waals surface area (Å²) in [6.45, 7) is 2.37. The Morgan fingerprint density at radius 1 is 1.15 bits per heavy atom. The molecular weight excluding hydrogens is 424 g/mol. The summed E-state index contributed by atoms with van der Waals surface area (Å²) < 4.78 is 12.0. The maximum Gasteiger partial charge on any atom is 0.312 e. The fraction of sp³-hybridized carbons (Fsp3) is 0.720. The molecule has 1 saturated carbocycles. The summed E-state index contributed by atoms with van der Waals surface area (Å²) in [6, 6.07) is -1.28. The monoisotopic (exact) mass is 458 g/mol. The van der Waals surface area contributed by atoms with Crippen LogP contribution in [0.15, 0.2) is 24.3 Å². The number of hydrogen-bond acceptors (Lipinski definition) is 6. The maximum absolute atomic E-state index is 14.2. The lowest BCUT2D eigenvalue weighted by molar-refractivity contribution is -0.157. The molecule has 0 bridgehead atoms. The van der Waals surface area contributed by atoms with Crippen molar-refractivity contribution in [2.75, 3.05) is 19.8 Å². The molecule has 4 heterocycles. The SMILES string of the molecule is CC[C@@H](CO)N1C(=O)[C@@H]2[C@H]3C(=O)OCCC=C[C@H]3O[C@@]23C=CCN(C2CCCCC2)C(=O)C13. The van der Waals surface area contributed by atoms with Crippen LogP contribution in [0.3, 0.4) is 0 Å². The molecule has 1 aliphatic carbocycles. The molecule has 33 heavy (non-hydrogen) atoms. The lowest BCUT2D eigenvalue weighted by atomic mass is 9.77. The number of nitrogens with zero attached hydrogens (tertiary/aromatic N) is 2. The molecule has 4 aliphatic heterocycles. The van der Waals surface area contributed by atoms with Crippen molar-refractivity contribution in [1.29, 1.82) is 0 Å². The van der Waals surface area contributed by atoms with Gasteiger partial charge in [-0.15, -0.1) is 0 Å². The third-order valence-corrected chi connectivity index (χ3v) is 8.18. The van der Waals surface area contributed by atoms with E-state index in [9.17, 15) is 19.5 Å². The van der Waals surface area contributed by atoms with Gasteiger partial charge in [-0.3, -0.25) is 14.4 Å². The second kappa shape index (κ2) is 8.87. The Morgan fingerprint density at radius 3 is 2.67 bits per heavy atom. The summed E-state index contributed by atoms with van der Waals surface area (Å²) in [5.41, 5.74) is -1.25. The minimum atomic E-state index is -1.25. The lowest BCUT2D eigenvalue weighted by Gasteiger charge is -2.41. The van der Waals surface area contributed by atoms with E-state index in [4.69, 9.17) is 9.47 Å². The largest absolute Gasteiger partial charge is 0.465 e. The first-order valence-corrected chi connectivity index (χ1v) is 12.5. The zero-order valence-corrected chi connectivity index (χ0v) is 19.2. The highest BCUT2D eigenvalue weighted by Crippen LogP contribution is 2.54. The molecule has 180 valence electrons. The van der Waals surface area contributed by atoms with Crippen molar-refractivity contribution >= 4 is 17.8 Å². The van der Waals surface area contributed by atoms with Gasteiger partial charge in [-0.2, -0.15) is 0 Å². The van der Waals surface area contributed by atoms with Crippen molar-refractivity contribution in [1.82, 2.24) is 9.80 Å².